The predicted molar refractivity (Wildman–Crippen MR) is 95.7 cm³/mol. The largest absolute Gasteiger partial charge is 0.456 e. The van der Waals surface area contributed by atoms with E-state index in [0.29, 0.717) is 22.6 Å². The molecule has 0 amide bonds. The topological polar surface area (TPSA) is 52.4 Å². The first-order valence-electron chi connectivity index (χ1n) is 6.72. The van der Waals surface area contributed by atoms with Crippen molar-refractivity contribution in [3.8, 4) is 22.6 Å². The molecule has 2 aromatic carbocycles. The summed E-state index contributed by atoms with van der Waals surface area (Å²) in [5, 5.41) is 16.5. The molecule has 6 heteroatoms. The molecule has 0 N–H and O–H groups in total. The minimum absolute atomic E-state index is 0.0619. The number of benzene rings is 2. The molecule has 0 atom stereocenters. The van der Waals surface area contributed by atoms with Gasteiger partial charge in [0.2, 0.25) is 0 Å². The summed E-state index contributed by atoms with van der Waals surface area (Å²) in [5.74, 6) is 1.25. The maximum Gasteiger partial charge on any atom is 0.277 e. The van der Waals surface area contributed by atoms with E-state index < -0.39 is 0 Å². The number of nitro groups is 1. The molecule has 0 aliphatic heterocycles. The van der Waals surface area contributed by atoms with Crippen LogP contribution < -0.4 is 4.74 Å². The van der Waals surface area contributed by atoms with Crippen LogP contribution in [0, 0.1) is 10.1 Å². The van der Waals surface area contributed by atoms with E-state index in [1.807, 2.05) is 35.0 Å². The number of thiocarbonyl (C=S) groups is 1. The van der Waals surface area contributed by atoms with Crippen molar-refractivity contribution >= 4 is 34.6 Å². The first kappa shape index (κ1) is 15.3. The highest BCUT2D eigenvalue weighted by atomic mass is 32.1. The SMILES string of the molecule is O=[N+]([O-])c1ccccc1-c1cscc1Oc1ccc(C=S)cc1. The number of thiophene rings is 1. The van der Waals surface area contributed by atoms with Crippen molar-refractivity contribution < 1.29 is 9.66 Å². The van der Waals surface area contributed by atoms with Gasteiger partial charge in [0.1, 0.15) is 11.5 Å². The van der Waals surface area contributed by atoms with Gasteiger partial charge in [0, 0.05) is 27.8 Å². The molecule has 0 fully saturated rings. The molecule has 1 heterocycles. The average molecular weight is 341 g/mol. The fourth-order valence-electron chi connectivity index (χ4n) is 2.16. The number of para-hydroxylation sites is 1. The standard InChI is InChI=1S/C17H11NO3S2/c19-18(20)16-4-2-1-3-14(16)15-10-23-11-17(15)21-13-7-5-12(9-22)6-8-13/h1-11H. The van der Waals surface area contributed by atoms with Gasteiger partial charge in [-0.05, 0) is 23.8 Å². The lowest BCUT2D eigenvalue weighted by Gasteiger charge is -2.08. The van der Waals surface area contributed by atoms with Crippen molar-refractivity contribution in [3.63, 3.8) is 0 Å². The second kappa shape index (κ2) is 6.68. The zero-order chi connectivity index (χ0) is 16.2. The van der Waals surface area contributed by atoms with Gasteiger partial charge in [-0.1, -0.05) is 36.5 Å². The molecule has 0 spiro atoms. The summed E-state index contributed by atoms with van der Waals surface area (Å²) < 4.78 is 5.88. The molecule has 0 saturated heterocycles. The van der Waals surface area contributed by atoms with E-state index in [1.165, 1.54) is 17.4 Å². The minimum atomic E-state index is -0.384. The third kappa shape index (κ3) is 3.28. The van der Waals surface area contributed by atoms with Crippen LogP contribution in [0.25, 0.3) is 11.1 Å². The van der Waals surface area contributed by atoms with E-state index in [9.17, 15) is 10.1 Å². The van der Waals surface area contributed by atoms with Crippen molar-refractivity contribution in [3.05, 3.63) is 75.0 Å². The summed E-state index contributed by atoms with van der Waals surface area (Å²) in [4.78, 5) is 10.8. The third-order valence-corrected chi connectivity index (χ3v) is 4.26. The van der Waals surface area contributed by atoms with Crippen LogP contribution in [-0.2, 0) is 0 Å². The molecule has 0 bridgehead atoms. The zero-order valence-corrected chi connectivity index (χ0v) is 13.5. The molecule has 0 radical (unpaired) electrons. The molecule has 4 nitrogen and oxygen atoms in total. The van der Waals surface area contributed by atoms with Crippen LogP contribution in [0.5, 0.6) is 11.5 Å². The lowest BCUT2D eigenvalue weighted by atomic mass is 10.1. The Hall–Kier alpha value is -2.57. The van der Waals surface area contributed by atoms with Crippen LogP contribution in [0.1, 0.15) is 5.56 Å². The highest BCUT2D eigenvalue weighted by molar-refractivity contribution is 7.79. The van der Waals surface area contributed by atoms with E-state index >= 15 is 0 Å². The molecule has 0 aliphatic rings. The zero-order valence-electron chi connectivity index (χ0n) is 11.8. The van der Waals surface area contributed by atoms with Gasteiger partial charge < -0.3 is 4.74 Å². The highest BCUT2D eigenvalue weighted by Crippen LogP contribution is 2.40. The summed E-state index contributed by atoms with van der Waals surface area (Å²) in [6, 6.07) is 14.0. The van der Waals surface area contributed by atoms with E-state index in [4.69, 9.17) is 17.0 Å². The Bertz CT molecular complexity index is 856. The lowest BCUT2D eigenvalue weighted by molar-refractivity contribution is -0.384. The van der Waals surface area contributed by atoms with Crippen molar-refractivity contribution in [1.29, 1.82) is 0 Å². The van der Waals surface area contributed by atoms with E-state index in [0.717, 1.165) is 5.56 Å². The van der Waals surface area contributed by atoms with Crippen molar-refractivity contribution in [1.82, 2.24) is 0 Å². The van der Waals surface area contributed by atoms with Crippen LogP contribution in [0.3, 0.4) is 0 Å². The monoisotopic (exact) mass is 341 g/mol. The molecular formula is C17H11NO3S2. The number of hydrogen-bond acceptors (Lipinski definition) is 5. The Kier molecular flexibility index (Phi) is 4.45. The second-order valence-corrected chi connectivity index (χ2v) is 5.69. The third-order valence-electron chi connectivity index (χ3n) is 3.26. The minimum Gasteiger partial charge on any atom is -0.456 e. The van der Waals surface area contributed by atoms with E-state index in [2.05, 4.69) is 0 Å². The van der Waals surface area contributed by atoms with Crippen molar-refractivity contribution in [2.75, 3.05) is 0 Å². The molecule has 0 aliphatic carbocycles. The Morgan fingerprint density at radius 2 is 1.78 bits per heavy atom. The molecule has 0 saturated carbocycles. The first-order valence-corrected chi connectivity index (χ1v) is 8.13. The van der Waals surface area contributed by atoms with E-state index in [-0.39, 0.29) is 10.6 Å². The predicted octanol–water partition coefficient (Wildman–Crippen LogP) is 5.46. The summed E-state index contributed by atoms with van der Waals surface area (Å²) in [7, 11) is 0. The summed E-state index contributed by atoms with van der Waals surface area (Å²) in [5.41, 5.74) is 2.24. The maximum atomic E-state index is 11.2. The molecular weight excluding hydrogens is 330 g/mol. The molecule has 114 valence electrons. The lowest BCUT2D eigenvalue weighted by Crippen LogP contribution is -1.92. The van der Waals surface area contributed by atoms with Gasteiger partial charge in [0.15, 0.2) is 0 Å². The summed E-state index contributed by atoms with van der Waals surface area (Å²) in [6.07, 6.45) is 0. The van der Waals surface area contributed by atoms with E-state index in [1.54, 1.807) is 23.6 Å². The van der Waals surface area contributed by atoms with Crippen LogP contribution in [0.2, 0.25) is 0 Å². The molecule has 0 unspecified atom stereocenters. The normalized spacial score (nSPS) is 10.3. The maximum absolute atomic E-state index is 11.2. The van der Waals surface area contributed by atoms with Crippen LogP contribution in [0.4, 0.5) is 5.69 Å². The number of nitro benzene ring substituents is 1. The fourth-order valence-corrected chi connectivity index (χ4v) is 3.07. The van der Waals surface area contributed by atoms with Crippen LogP contribution in [-0.4, -0.2) is 10.3 Å². The van der Waals surface area contributed by atoms with Gasteiger partial charge in [-0.3, -0.25) is 10.1 Å². The van der Waals surface area contributed by atoms with Crippen molar-refractivity contribution in [2.24, 2.45) is 0 Å². The number of hydrogen-bond donors (Lipinski definition) is 0. The molecule has 1 aromatic heterocycles. The number of ether oxygens (including phenoxy) is 1. The molecule has 23 heavy (non-hydrogen) atoms. The summed E-state index contributed by atoms with van der Waals surface area (Å²) >= 11 is 6.31. The van der Waals surface area contributed by atoms with Gasteiger partial charge in [-0.15, -0.1) is 11.3 Å². The smallest absolute Gasteiger partial charge is 0.277 e. The average Bonchev–Trinajstić information content (AvgIpc) is 3.03. The Balaban J connectivity index is 1.96. The quantitative estimate of drug-likeness (QED) is 0.351. The van der Waals surface area contributed by atoms with Gasteiger partial charge in [0.05, 0.1) is 10.5 Å². The van der Waals surface area contributed by atoms with Crippen LogP contribution >= 0.6 is 23.6 Å². The van der Waals surface area contributed by atoms with Gasteiger partial charge in [-0.2, -0.15) is 0 Å². The Labute approximate surface area is 142 Å². The van der Waals surface area contributed by atoms with Gasteiger partial charge >= 0.3 is 0 Å². The van der Waals surface area contributed by atoms with Gasteiger partial charge in [0.25, 0.3) is 5.69 Å². The Morgan fingerprint density at radius 1 is 1.04 bits per heavy atom. The molecule has 3 rings (SSSR count). The highest BCUT2D eigenvalue weighted by Gasteiger charge is 2.18. The molecule has 3 aromatic rings. The van der Waals surface area contributed by atoms with Gasteiger partial charge in [-0.25, -0.2) is 0 Å². The number of nitrogens with zero attached hydrogens (tertiary/aromatic N) is 1. The first-order chi connectivity index (χ1) is 11.2. The second-order valence-electron chi connectivity index (χ2n) is 4.71. The number of rotatable bonds is 5. The summed E-state index contributed by atoms with van der Waals surface area (Å²) in [6.45, 7) is 0. The van der Waals surface area contributed by atoms with Crippen LogP contribution in [0.15, 0.2) is 59.3 Å². The fraction of sp³-hybridized carbons (Fsp3) is 0. The Morgan fingerprint density at radius 3 is 2.48 bits per heavy atom. The van der Waals surface area contributed by atoms with Crippen molar-refractivity contribution in [2.45, 2.75) is 0 Å².